The summed E-state index contributed by atoms with van der Waals surface area (Å²) in [5.41, 5.74) is 3.66. The number of nitrogens with two attached hydrogens (primary N) is 1. The van der Waals surface area contributed by atoms with Gasteiger partial charge in [0.15, 0.2) is 5.78 Å². The molecule has 0 unspecified atom stereocenters. The van der Waals surface area contributed by atoms with Gasteiger partial charge in [0.2, 0.25) is 5.12 Å². The number of nitrogens with one attached hydrogen (secondary N) is 2. The molecule has 28 heavy (non-hydrogen) atoms. The summed E-state index contributed by atoms with van der Waals surface area (Å²) in [5.74, 6) is 0.0661. The molecule has 0 aliphatic carbocycles. The lowest BCUT2D eigenvalue weighted by Gasteiger charge is -2.22. The Morgan fingerprint density at radius 2 is 1.54 bits per heavy atom. The van der Waals surface area contributed by atoms with Crippen LogP contribution in [0.5, 0.6) is 0 Å². The average Bonchev–Trinajstić information content (AvgIpc) is 2.70. The first-order valence-electron chi connectivity index (χ1n) is 7.83. The topological polar surface area (TPSA) is 101 Å². The molecular formula is C16H29I2N3O3S4. The van der Waals surface area contributed by atoms with E-state index in [1.807, 2.05) is 13.8 Å². The SMILES string of the molecule is CC(=O)C(C)(C)N.CC(=O)C(C)(C)NC(=S)S.CC1(C)NC(=S)SC1=O.II. The van der Waals surface area contributed by atoms with Crippen molar-refractivity contribution in [2.75, 3.05) is 0 Å². The van der Waals surface area contributed by atoms with Gasteiger partial charge in [-0.2, -0.15) is 0 Å². The Hall–Kier alpha value is 0.910. The van der Waals surface area contributed by atoms with Gasteiger partial charge in [0.05, 0.1) is 11.1 Å². The number of hydrogen-bond donors (Lipinski definition) is 4. The van der Waals surface area contributed by atoms with Gasteiger partial charge >= 0.3 is 0 Å². The lowest BCUT2D eigenvalue weighted by Crippen LogP contribution is -2.46. The fraction of sp³-hybridized carbons (Fsp3) is 0.688. The van der Waals surface area contributed by atoms with Gasteiger partial charge in [-0.1, -0.05) is 24.4 Å². The minimum atomic E-state index is -0.639. The van der Waals surface area contributed by atoms with E-state index in [2.05, 4.69) is 72.7 Å². The van der Waals surface area contributed by atoms with Crippen molar-refractivity contribution in [1.29, 1.82) is 0 Å². The second kappa shape index (κ2) is 14.8. The minimum absolute atomic E-state index is 0.0208. The first kappa shape index (κ1) is 33.5. The standard InChI is InChI=1S/C6H11NOS2.C5H7NOS2.C5H11NO.I2/c1-4(8)6(2,3)7-5(9)10;1-5(2)3(7)9-4(8)6-5;1-4(7)5(2,3)6;1-2/h1-3H3,(H2,7,9,10);1-2H3,(H,6,8);6H2,1-3H3;. The lowest BCUT2D eigenvalue weighted by atomic mass is 10.0. The van der Waals surface area contributed by atoms with Crippen LogP contribution < -0.4 is 16.4 Å². The van der Waals surface area contributed by atoms with Crippen LogP contribution >= 0.6 is 86.1 Å². The number of ketones is 2. The van der Waals surface area contributed by atoms with Gasteiger partial charge in [0.1, 0.15) is 20.0 Å². The van der Waals surface area contributed by atoms with Gasteiger partial charge in [0, 0.05) is 37.2 Å². The molecule has 0 aromatic rings. The van der Waals surface area contributed by atoms with Crippen LogP contribution in [0, 0.1) is 0 Å². The summed E-state index contributed by atoms with van der Waals surface area (Å²) in [5, 5.41) is 5.76. The number of halogens is 2. The molecule has 0 bridgehead atoms. The van der Waals surface area contributed by atoms with Crippen LogP contribution in [0.3, 0.4) is 0 Å². The molecule has 1 aliphatic heterocycles. The molecule has 164 valence electrons. The number of Topliss-reactive ketones (excluding diaryl/α,β-unsaturated/α-hetero) is 2. The molecule has 0 atom stereocenters. The van der Waals surface area contributed by atoms with Crippen molar-refractivity contribution in [2.24, 2.45) is 5.73 Å². The first-order valence-corrected chi connectivity index (χ1v) is 16.2. The molecule has 1 fully saturated rings. The van der Waals surface area contributed by atoms with Crippen molar-refractivity contribution in [3.05, 3.63) is 0 Å². The second-order valence-corrected chi connectivity index (χ2v) is 10.1. The molecule has 0 aromatic heterocycles. The Bertz CT molecular complexity index is 592. The molecule has 12 heteroatoms. The second-order valence-electron chi connectivity index (χ2n) is 7.32. The monoisotopic (exact) mass is 693 g/mol. The highest BCUT2D eigenvalue weighted by Gasteiger charge is 2.36. The molecule has 1 aliphatic rings. The molecule has 0 spiro atoms. The Labute approximate surface area is 212 Å². The van der Waals surface area contributed by atoms with Crippen LogP contribution in [0.2, 0.25) is 0 Å². The normalized spacial score (nSPS) is 14.7. The maximum atomic E-state index is 10.9. The van der Waals surface area contributed by atoms with E-state index in [9.17, 15) is 14.4 Å². The van der Waals surface area contributed by atoms with Crippen LogP contribution in [0.1, 0.15) is 55.4 Å². The van der Waals surface area contributed by atoms with Crippen molar-refractivity contribution in [3.8, 4) is 0 Å². The summed E-state index contributed by atoms with van der Waals surface area (Å²) < 4.78 is 0.935. The van der Waals surface area contributed by atoms with Crippen LogP contribution in [0.25, 0.3) is 0 Å². The van der Waals surface area contributed by atoms with E-state index in [0.717, 1.165) is 11.8 Å². The molecule has 1 rings (SSSR count). The summed E-state index contributed by atoms with van der Waals surface area (Å²) in [6.07, 6.45) is 0. The number of thiol groups is 1. The number of thioether (sulfide) groups is 1. The third-order valence-corrected chi connectivity index (χ3v) is 4.87. The van der Waals surface area contributed by atoms with E-state index in [4.69, 9.17) is 18.0 Å². The Balaban J connectivity index is -0.000000324. The number of carbonyl (C=O) groups excluding carboxylic acids is 3. The maximum Gasteiger partial charge on any atom is 0.220 e. The van der Waals surface area contributed by atoms with E-state index in [1.165, 1.54) is 13.8 Å². The van der Waals surface area contributed by atoms with Crippen molar-refractivity contribution >= 4 is 111 Å². The highest BCUT2D eigenvalue weighted by atomic mass is 128. The summed E-state index contributed by atoms with van der Waals surface area (Å²) >= 11 is 18.6. The number of carbonyl (C=O) groups is 3. The van der Waals surface area contributed by atoms with Crippen molar-refractivity contribution in [1.82, 2.24) is 10.6 Å². The third kappa shape index (κ3) is 16.7. The van der Waals surface area contributed by atoms with Gasteiger partial charge < -0.3 is 16.4 Å². The molecule has 0 saturated carbocycles. The minimum Gasteiger partial charge on any atom is -0.359 e. The summed E-state index contributed by atoms with van der Waals surface area (Å²) in [7, 11) is 0. The average molecular weight is 694 g/mol. The Morgan fingerprint density at radius 3 is 1.61 bits per heavy atom. The quantitative estimate of drug-likeness (QED) is 0.198. The van der Waals surface area contributed by atoms with Gasteiger partial charge in [-0.15, -0.1) is 12.6 Å². The van der Waals surface area contributed by atoms with Crippen molar-refractivity contribution < 1.29 is 14.4 Å². The van der Waals surface area contributed by atoms with Crippen molar-refractivity contribution in [3.63, 3.8) is 0 Å². The number of hydrogen-bond acceptors (Lipinski definition) is 7. The van der Waals surface area contributed by atoms with Gasteiger partial charge in [-0.05, 0) is 67.2 Å². The van der Waals surface area contributed by atoms with E-state index >= 15 is 0 Å². The first-order chi connectivity index (χ1) is 12.3. The molecule has 1 saturated heterocycles. The molecule has 1 heterocycles. The predicted molar refractivity (Wildman–Crippen MR) is 149 cm³/mol. The molecule has 4 N–H and O–H groups in total. The molecular weight excluding hydrogens is 664 g/mol. The number of thiocarbonyl (C=S) groups is 2. The summed E-state index contributed by atoms with van der Waals surface area (Å²) in [6, 6.07) is 0. The zero-order valence-electron chi connectivity index (χ0n) is 17.2. The summed E-state index contributed by atoms with van der Waals surface area (Å²) in [6.45, 7) is 13.5. The lowest BCUT2D eigenvalue weighted by molar-refractivity contribution is -0.122. The largest absolute Gasteiger partial charge is 0.359 e. The molecule has 0 amide bonds. The van der Waals surface area contributed by atoms with Gasteiger partial charge in [-0.3, -0.25) is 14.4 Å². The van der Waals surface area contributed by atoms with E-state index in [-0.39, 0.29) is 16.7 Å². The van der Waals surface area contributed by atoms with E-state index < -0.39 is 16.6 Å². The zero-order valence-corrected chi connectivity index (χ0v) is 24.9. The number of rotatable bonds is 3. The van der Waals surface area contributed by atoms with Crippen LogP contribution in [-0.2, 0) is 14.4 Å². The fourth-order valence-electron chi connectivity index (χ4n) is 0.899. The fourth-order valence-corrected chi connectivity index (χ4v) is 2.70. The van der Waals surface area contributed by atoms with Crippen LogP contribution in [0.4, 0.5) is 0 Å². The molecule has 0 radical (unpaired) electrons. The Kier molecular flexibility index (Phi) is 17.8. The zero-order chi connectivity index (χ0) is 23.5. The highest BCUT2D eigenvalue weighted by Crippen LogP contribution is 2.23. The van der Waals surface area contributed by atoms with E-state index in [1.54, 1.807) is 27.7 Å². The van der Waals surface area contributed by atoms with Crippen molar-refractivity contribution in [2.45, 2.75) is 72.0 Å². The van der Waals surface area contributed by atoms with Crippen LogP contribution in [-0.4, -0.2) is 41.9 Å². The Morgan fingerprint density at radius 1 is 1.18 bits per heavy atom. The van der Waals surface area contributed by atoms with Gasteiger partial charge in [0.25, 0.3) is 0 Å². The maximum absolute atomic E-state index is 10.9. The smallest absolute Gasteiger partial charge is 0.220 e. The molecule has 0 aromatic carbocycles. The van der Waals surface area contributed by atoms with E-state index in [0.29, 0.717) is 8.64 Å². The highest BCUT2D eigenvalue weighted by molar-refractivity contribution is 15.0. The summed E-state index contributed by atoms with van der Waals surface area (Å²) in [4.78, 5) is 32.1. The predicted octanol–water partition coefficient (Wildman–Crippen LogP) is 4.16. The van der Waals surface area contributed by atoms with Crippen LogP contribution in [0.15, 0.2) is 0 Å². The third-order valence-electron chi connectivity index (χ3n) is 3.32. The van der Waals surface area contributed by atoms with Gasteiger partial charge in [-0.25, -0.2) is 0 Å². The molecule has 6 nitrogen and oxygen atoms in total.